The van der Waals surface area contributed by atoms with Crippen molar-refractivity contribution in [3.63, 3.8) is 0 Å². The van der Waals surface area contributed by atoms with E-state index in [0.29, 0.717) is 11.1 Å². The fraction of sp³-hybridized carbons (Fsp3) is 0.333. The minimum absolute atomic E-state index is 0.423. The molecule has 0 bridgehead atoms. The zero-order valence-corrected chi connectivity index (χ0v) is 8.14. The van der Waals surface area contributed by atoms with Crippen LogP contribution in [-0.2, 0) is 0 Å². The molecule has 1 rings (SSSR count). The van der Waals surface area contributed by atoms with E-state index >= 15 is 0 Å². The van der Waals surface area contributed by atoms with Crippen LogP contribution in [0.4, 0.5) is 0 Å². The van der Waals surface area contributed by atoms with Crippen LogP contribution in [0.15, 0.2) is 18.8 Å². The average Bonchev–Trinajstić information content (AvgIpc) is 2.17. The first-order valence-corrected chi connectivity index (χ1v) is 5.05. The van der Waals surface area contributed by atoms with Crippen LogP contribution in [0.1, 0.15) is 23.7 Å². The maximum Gasteiger partial charge on any atom is 0.151 e. The molecule has 1 heterocycles. The normalized spacial score (nSPS) is 12.5. The van der Waals surface area contributed by atoms with Gasteiger partial charge in [-0.3, -0.25) is 0 Å². The average molecular weight is 180 g/mol. The molecule has 1 atom stereocenters. The molecular weight excluding hydrogens is 168 g/mol. The predicted molar refractivity (Wildman–Crippen MR) is 54.1 cm³/mol. The van der Waals surface area contributed by atoms with Crippen LogP contribution in [0.3, 0.4) is 0 Å². The van der Waals surface area contributed by atoms with Gasteiger partial charge in [-0.1, -0.05) is 6.58 Å². The number of rotatable bonds is 3. The van der Waals surface area contributed by atoms with Gasteiger partial charge >= 0.3 is 0 Å². The fourth-order valence-corrected chi connectivity index (χ4v) is 1.21. The van der Waals surface area contributed by atoms with Crippen LogP contribution in [0.25, 0.3) is 6.08 Å². The second kappa shape index (κ2) is 4.26. The maximum absolute atomic E-state index is 4.31. The zero-order chi connectivity index (χ0) is 8.97. The Labute approximate surface area is 77.1 Å². The Balaban J connectivity index is 2.93. The highest BCUT2D eigenvalue weighted by molar-refractivity contribution is 7.98. The van der Waals surface area contributed by atoms with E-state index < -0.39 is 0 Å². The van der Waals surface area contributed by atoms with E-state index in [0.717, 1.165) is 5.69 Å². The van der Waals surface area contributed by atoms with Crippen molar-refractivity contribution >= 4 is 17.8 Å². The third-order valence-corrected chi connectivity index (χ3v) is 2.60. The third kappa shape index (κ3) is 2.08. The van der Waals surface area contributed by atoms with E-state index in [-0.39, 0.29) is 0 Å². The summed E-state index contributed by atoms with van der Waals surface area (Å²) in [5.74, 6) is 0.702. The zero-order valence-electron chi connectivity index (χ0n) is 7.32. The standard InChI is InChI=1S/C9H12N2S/c1-4-9-10-6-5-8(11-9)7(2)12-3/h4-7H,1H2,2-3H3. The molecule has 2 nitrogen and oxygen atoms in total. The maximum atomic E-state index is 4.31. The van der Waals surface area contributed by atoms with Crippen molar-refractivity contribution in [3.05, 3.63) is 30.4 Å². The summed E-state index contributed by atoms with van der Waals surface area (Å²) < 4.78 is 0. The minimum atomic E-state index is 0.423. The molecule has 0 fully saturated rings. The quantitative estimate of drug-likeness (QED) is 0.715. The van der Waals surface area contributed by atoms with E-state index in [1.54, 1.807) is 24.0 Å². The monoisotopic (exact) mass is 180 g/mol. The first kappa shape index (κ1) is 9.26. The summed E-state index contributed by atoms with van der Waals surface area (Å²) in [6.45, 7) is 5.75. The lowest BCUT2D eigenvalue weighted by atomic mass is 10.3. The van der Waals surface area contributed by atoms with Crippen LogP contribution in [0.5, 0.6) is 0 Å². The van der Waals surface area contributed by atoms with Crippen LogP contribution >= 0.6 is 11.8 Å². The minimum Gasteiger partial charge on any atom is -0.237 e. The van der Waals surface area contributed by atoms with E-state index in [2.05, 4.69) is 29.7 Å². The molecule has 64 valence electrons. The summed E-state index contributed by atoms with van der Waals surface area (Å²) in [7, 11) is 0. The number of hydrogen-bond donors (Lipinski definition) is 0. The summed E-state index contributed by atoms with van der Waals surface area (Å²) in [5.41, 5.74) is 1.06. The Morgan fingerprint density at radius 1 is 1.67 bits per heavy atom. The fourth-order valence-electron chi connectivity index (χ4n) is 0.834. The second-order valence-corrected chi connectivity index (χ2v) is 3.60. The van der Waals surface area contributed by atoms with Gasteiger partial charge in [-0.05, 0) is 25.3 Å². The lowest BCUT2D eigenvalue weighted by Gasteiger charge is -2.06. The molecule has 3 heteroatoms. The summed E-state index contributed by atoms with van der Waals surface area (Å²) in [6.07, 6.45) is 5.50. The molecule has 0 saturated heterocycles. The van der Waals surface area contributed by atoms with E-state index in [1.165, 1.54) is 0 Å². The molecule has 0 amide bonds. The highest BCUT2D eigenvalue weighted by Gasteiger charge is 2.04. The van der Waals surface area contributed by atoms with Crippen LogP contribution in [0.2, 0.25) is 0 Å². The molecule has 1 aromatic heterocycles. The third-order valence-electron chi connectivity index (χ3n) is 1.65. The molecule has 0 aliphatic heterocycles. The lowest BCUT2D eigenvalue weighted by molar-refractivity contribution is 0.968. The van der Waals surface area contributed by atoms with E-state index in [1.807, 2.05) is 6.07 Å². The number of nitrogens with zero attached hydrogens (tertiary/aromatic N) is 2. The molecule has 12 heavy (non-hydrogen) atoms. The molecular formula is C9H12N2S. The van der Waals surface area contributed by atoms with Crippen molar-refractivity contribution in [2.75, 3.05) is 6.26 Å². The predicted octanol–water partition coefficient (Wildman–Crippen LogP) is 2.54. The molecule has 0 N–H and O–H groups in total. The van der Waals surface area contributed by atoms with Gasteiger partial charge in [-0.2, -0.15) is 11.8 Å². The number of thioether (sulfide) groups is 1. The van der Waals surface area contributed by atoms with Crippen LogP contribution in [-0.4, -0.2) is 16.2 Å². The molecule has 0 aliphatic rings. The molecule has 0 aromatic carbocycles. The Hall–Kier alpha value is -0.830. The van der Waals surface area contributed by atoms with Crippen molar-refractivity contribution in [2.45, 2.75) is 12.2 Å². The first-order chi connectivity index (χ1) is 5.77. The number of hydrogen-bond acceptors (Lipinski definition) is 3. The largest absolute Gasteiger partial charge is 0.237 e. The summed E-state index contributed by atoms with van der Waals surface area (Å²) in [6, 6.07) is 1.94. The van der Waals surface area contributed by atoms with Crippen LogP contribution in [0, 0.1) is 0 Å². The Kier molecular flexibility index (Phi) is 3.29. The Bertz CT molecular complexity index is 273. The second-order valence-electron chi connectivity index (χ2n) is 2.42. The molecule has 0 radical (unpaired) electrons. The molecule has 1 unspecified atom stereocenters. The molecule has 0 spiro atoms. The highest BCUT2D eigenvalue weighted by Crippen LogP contribution is 2.23. The first-order valence-electron chi connectivity index (χ1n) is 3.76. The van der Waals surface area contributed by atoms with Gasteiger partial charge in [0.15, 0.2) is 5.82 Å². The topological polar surface area (TPSA) is 25.8 Å². The highest BCUT2D eigenvalue weighted by atomic mass is 32.2. The number of aromatic nitrogens is 2. The van der Waals surface area contributed by atoms with Gasteiger partial charge in [0.1, 0.15) is 0 Å². The summed E-state index contributed by atoms with van der Waals surface area (Å²) >= 11 is 1.77. The molecule has 0 aliphatic carbocycles. The van der Waals surface area contributed by atoms with Crippen molar-refractivity contribution < 1.29 is 0 Å². The van der Waals surface area contributed by atoms with Gasteiger partial charge in [-0.15, -0.1) is 0 Å². The SMILES string of the molecule is C=Cc1nccc(C(C)SC)n1. The van der Waals surface area contributed by atoms with Gasteiger partial charge in [0, 0.05) is 11.4 Å². The lowest BCUT2D eigenvalue weighted by Crippen LogP contribution is -1.95. The van der Waals surface area contributed by atoms with E-state index in [4.69, 9.17) is 0 Å². The Morgan fingerprint density at radius 2 is 2.42 bits per heavy atom. The smallest absolute Gasteiger partial charge is 0.151 e. The van der Waals surface area contributed by atoms with Crippen molar-refractivity contribution in [2.24, 2.45) is 0 Å². The van der Waals surface area contributed by atoms with Crippen molar-refractivity contribution in [1.29, 1.82) is 0 Å². The van der Waals surface area contributed by atoms with Crippen molar-refractivity contribution in [3.8, 4) is 0 Å². The van der Waals surface area contributed by atoms with Gasteiger partial charge < -0.3 is 0 Å². The van der Waals surface area contributed by atoms with Crippen molar-refractivity contribution in [1.82, 2.24) is 9.97 Å². The van der Waals surface area contributed by atoms with Gasteiger partial charge in [0.25, 0.3) is 0 Å². The molecule has 1 aromatic rings. The van der Waals surface area contributed by atoms with Gasteiger partial charge in [0.2, 0.25) is 0 Å². The van der Waals surface area contributed by atoms with Gasteiger partial charge in [0.05, 0.1) is 5.69 Å². The van der Waals surface area contributed by atoms with E-state index in [9.17, 15) is 0 Å². The molecule has 0 saturated carbocycles. The summed E-state index contributed by atoms with van der Waals surface area (Å²) in [5, 5.41) is 0.423. The summed E-state index contributed by atoms with van der Waals surface area (Å²) in [4.78, 5) is 8.35. The van der Waals surface area contributed by atoms with Gasteiger partial charge in [-0.25, -0.2) is 9.97 Å². The Morgan fingerprint density at radius 3 is 3.00 bits per heavy atom. The van der Waals surface area contributed by atoms with Crippen LogP contribution < -0.4 is 0 Å².